The molecule has 2 aromatic rings. The van der Waals surface area contributed by atoms with E-state index >= 15 is 0 Å². The van der Waals surface area contributed by atoms with Gasteiger partial charge in [-0.2, -0.15) is 0 Å². The number of benzene rings is 2. The number of hydrogen-bond acceptors (Lipinski definition) is 4. The zero-order valence-corrected chi connectivity index (χ0v) is 15.1. The summed E-state index contributed by atoms with van der Waals surface area (Å²) in [5.41, 5.74) is 3.45. The number of para-hydroxylation sites is 2. The number of nitrogens with zero attached hydrogens (tertiary/aromatic N) is 1. The molecule has 0 spiro atoms. The van der Waals surface area contributed by atoms with Crippen molar-refractivity contribution in [1.29, 1.82) is 0 Å². The first-order valence-electron chi connectivity index (χ1n) is 9.28. The molecule has 2 amide bonds. The van der Waals surface area contributed by atoms with Gasteiger partial charge in [-0.25, -0.2) is 0 Å². The molecule has 6 heteroatoms. The molecular formula is C21H23N3O3. The molecule has 2 aliphatic rings. The second kappa shape index (κ2) is 7.90. The maximum absolute atomic E-state index is 13.0. The van der Waals surface area contributed by atoms with Crippen molar-refractivity contribution in [2.75, 3.05) is 36.9 Å². The Morgan fingerprint density at radius 1 is 1.11 bits per heavy atom. The Kier molecular flexibility index (Phi) is 5.18. The van der Waals surface area contributed by atoms with Gasteiger partial charge in [0.2, 0.25) is 11.8 Å². The summed E-state index contributed by atoms with van der Waals surface area (Å²) < 4.78 is 5.41. The van der Waals surface area contributed by atoms with Crippen molar-refractivity contribution in [1.82, 2.24) is 4.90 Å². The molecule has 0 bridgehead atoms. The average Bonchev–Trinajstić information content (AvgIpc) is 2.69. The quantitative estimate of drug-likeness (QED) is 0.874. The minimum atomic E-state index is -0.480. The summed E-state index contributed by atoms with van der Waals surface area (Å²) in [5.74, 6) is -0.756. The Balaban J connectivity index is 1.52. The Morgan fingerprint density at radius 2 is 1.85 bits per heavy atom. The monoisotopic (exact) mass is 365 g/mol. The zero-order chi connectivity index (χ0) is 18.6. The predicted molar refractivity (Wildman–Crippen MR) is 104 cm³/mol. The highest BCUT2D eigenvalue weighted by molar-refractivity contribution is 6.05. The predicted octanol–water partition coefficient (Wildman–Crippen LogP) is 2.58. The van der Waals surface area contributed by atoms with Crippen molar-refractivity contribution in [2.24, 2.45) is 0 Å². The van der Waals surface area contributed by atoms with Crippen molar-refractivity contribution < 1.29 is 14.3 Å². The third-order valence-corrected chi connectivity index (χ3v) is 5.09. The van der Waals surface area contributed by atoms with E-state index in [-0.39, 0.29) is 18.2 Å². The molecule has 0 aliphatic carbocycles. The van der Waals surface area contributed by atoms with Crippen LogP contribution < -0.4 is 10.6 Å². The van der Waals surface area contributed by atoms with Crippen LogP contribution in [-0.2, 0) is 20.9 Å². The Morgan fingerprint density at radius 3 is 2.70 bits per heavy atom. The fourth-order valence-corrected chi connectivity index (χ4v) is 3.65. The van der Waals surface area contributed by atoms with Crippen LogP contribution in [0.15, 0.2) is 48.5 Å². The Labute approximate surface area is 158 Å². The van der Waals surface area contributed by atoms with Crippen LogP contribution in [0.5, 0.6) is 0 Å². The number of hydrogen-bond donors (Lipinski definition) is 2. The normalized spacial score (nSPS) is 19.9. The van der Waals surface area contributed by atoms with Crippen molar-refractivity contribution in [3.63, 3.8) is 0 Å². The van der Waals surface area contributed by atoms with E-state index in [2.05, 4.69) is 15.5 Å². The highest BCUT2D eigenvalue weighted by Crippen LogP contribution is 2.33. The van der Waals surface area contributed by atoms with Gasteiger partial charge in [-0.3, -0.25) is 14.5 Å². The van der Waals surface area contributed by atoms with Crippen LogP contribution >= 0.6 is 0 Å². The number of fused-ring (bicyclic) bond motifs is 1. The summed E-state index contributed by atoms with van der Waals surface area (Å²) >= 11 is 0. The maximum atomic E-state index is 13.0. The molecule has 0 aromatic heterocycles. The van der Waals surface area contributed by atoms with Gasteiger partial charge < -0.3 is 15.4 Å². The van der Waals surface area contributed by atoms with Crippen LogP contribution in [-0.4, -0.2) is 43.0 Å². The molecule has 2 aromatic carbocycles. The van der Waals surface area contributed by atoms with Crippen LogP contribution in [0.4, 0.5) is 11.4 Å². The molecule has 1 saturated heterocycles. The fraction of sp³-hybridized carbons (Fsp3) is 0.333. The number of nitrogens with one attached hydrogen (secondary N) is 2. The van der Waals surface area contributed by atoms with Gasteiger partial charge in [0.25, 0.3) is 0 Å². The topological polar surface area (TPSA) is 70.7 Å². The lowest BCUT2D eigenvalue weighted by atomic mass is 9.89. The van der Waals surface area contributed by atoms with E-state index < -0.39 is 5.92 Å². The lowest BCUT2D eigenvalue weighted by Gasteiger charge is -2.28. The van der Waals surface area contributed by atoms with Crippen LogP contribution in [0.25, 0.3) is 0 Å². The van der Waals surface area contributed by atoms with Gasteiger partial charge in [-0.1, -0.05) is 36.4 Å². The van der Waals surface area contributed by atoms with E-state index in [9.17, 15) is 9.59 Å². The van der Waals surface area contributed by atoms with Crippen LogP contribution in [0, 0.1) is 0 Å². The van der Waals surface area contributed by atoms with Gasteiger partial charge >= 0.3 is 0 Å². The van der Waals surface area contributed by atoms with Crippen molar-refractivity contribution in [3.8, 4) is 0 Å². The number of carbonyl (C=O) groups excluding carboxylic acids is 2. The number of anilines is 2. The van der Waals surface area contributed by atoms with Crippen LogP contribution in [0.2, 0.25) is 0 Å². The molecule has 2 aliphatic heterocycles. The minimum absolute atomic E-state index is 0.129. The zero-order valence-electron chi connectivity index (χ0n) is 15.1. The second-order valence-corrected chi connectivity index (χ2v) is 6.93. The van der Waals surface area contributed by atoms with Crippen LogP contribution in [0.1, 0.15) is 23.5 Å². The van der Waals surface area contributed by atoms with E-state index in [4.69, 9.17) is 4.74 Å². The van der Waals surface area contributed by atoms with Gasteiger partial charge in [0.1, 0.15) is 0 Å². The first kappa shape index (κ1) is 17.7. The highest BCUT2D eigenvalue weighted by Gasteiger charge is 2.30. The molecule has 0 saturated carbocycles. The molecule has 27 heavy (non-hydrogen) atoms. The van der Waals surface area contributed by atoms with E-state index in [1.165, 1.54) is 0 Å². The van der Waals surface area contributed by atoms with E-state index in [0.717, 1.165) is 55.3 Å². The van der Waals surface area contributed by atoms with E-state index in [1.54, 1.807) is 0 Å². The molecule has 4 rings (SSSR count). The molecular weight excluding hydrogens is 342 g/mol. The molecule has 0 radical (unpaired) electrons. The number of morpholine rings is 1. The fourth-order valence-electron chi connectivity index (χ4n) is 3.65. The summed E-state index contributed by atoms with van der Waals surface area (Å²) in [4.78, 5) is 27.3. The van der Waals surface area contributed by atoms with Gasteiger partial charge in [0.15, 0.2) is 0 Å². The molecule has 1 atom stereocenters. The second-order valence-electron chi connectivity index (χ2n) is 6.93. The number of carbonyl (C=O) groups is 2. The van der Waals surface area contributed by atoms with Crippen molar-refractivity contribution >= 4 is 23.2 Å². The van der Waals surface area contributed by atoms with Crippen molar-refractivity contribution in [3.05, 3.63) is 59.7 Å². The number of ether oxygens (including phenoxy) is 1. The van der Waals surface area contributed by atoms with Gasteiger partial charge in [0, 0.05) is 37.4 Å². The first-order chi connectivity index (χ1) is 13.2. The van der Waals surface area contributed by atoms with Gasteiger partial charge in [-0.15, -0.1) is 0 Å². The maximum Gasteiger partial charge on any atom is 0.232 e. The molecule has 1 fully saturated rings. The first-order valence-corrected chi connectivity index (χ1v) is 9.28. The van der Waals surface area contributed by atoms with E-state index in [0.29, 0.717) is 0 Å². The lowest BCUT2D eigenvalue weighted by molar-refractivity contribution is -0.123. The minimum Gasteiger partial charge on any atom is -0.379 e. The number of amides is 2. The number of rotatable bonds is 4. The summed E-state index contributed by atoms with van der Waals surface area (Å²) in [6, 6.07) is 15.3. The Bertz CT molecular complexity index is 846. The summed E-state index contributed by atoms with van der Waals surface area (Å²) in [7, 11) is 0. The van der Waals surface area contributed by atoms with Gasteiger partial charge in [0.05, 0.1) is 19.1 Å². The average molecular weight is 365 g/mol. The Hall–Kier alpha value is -2.70. The summed E-state index contributed by atoms with van der Waals surface area (Å²) in [6.07, 6.45) is 0.161. The molecule has 2 N–H and O–H groups in total. The van der Waals surface area contributed by atoms with Crippen molar-refractivity contribution in [2.45, 2.75) is 18.9 Å². The highest BCUT2D eigenvalue weighted by atomic mass is 16.5. The molecule has 1 unspecified atom stereocenters. The van der Waals surface area contributed by atoms with Gasteiger partial charge in [-0.05, 0) is 23.3 Å². The van der Waals surface area contributed by atoms with Crippen LogP contribution in [0.3, 0.4) is 0 Å². The summed E-state index contributed by atoms with van der Waals surface area (Å²) in [5, 5.41) is 5.89. The molecule has 140 valence electrons. The smallest absolute Gasteiger partial charge is 0.232 e. The largest absolute Gasteiger partial charge is 0.379 e. The third kappa shape index (κ3) is 4.02. The standard InChI is InChI=1S/C21H23N3O3/c25-20-13-17(16-6-2-4-8-19(16)22-20)21(26)23-18-7-3-1-5-15(18)14-24-9-11-27-12-10-24/h1-8,17H,9-14H2,(H,22,25)(H,23,26). The lowest BCUT2D eigenvalue weighted by Crippen LogP contribution is -2.36. The van der Waals surface area contributed by atoms with E-state index in [1.807, 2.05) is 48.5 Å². The molecule has 6 nitrogen and oxygen atoms in total. The third-order valence-electron chi connectivity index (χ3n) is 5.09. The summed E-state index contributed by atoms with van der Waals surface area (Å²) in [6.45, 7) is 4.02. The SMILES string of the molecule is O=C1CC(C(=O)Nc2ccccc2CN2CCOCC2)c2ccccc2N1. The molecule has 2 heterocycles.